The second-order valence-corrected chi connectivity index (χ2v) is 7.36. The molecular weight excluding hydrogens is 331 g/mol. The first kappa shape index (κ1) is 17.0. The van der Waals surface area contributed by atoms with Gasteiger partial charge in [-0.1, -0.05) is 11.6 Å². The average molecular weight is 343 g/mol. The van der Waals surface area contributed by atoms with Crippen molar-refractivity contribution in [3.05, 3.63) is 28.5 Å². The topological polar surface area (TPSA) is 106 Å². The molecule has 1 aromatic rings. The van der Waals surface area contributed by atoms with Crippen LogP contribution in [-0.4, -0.2) is 37.1 Å². The van der Waals surface area contributed by atoms with Gasteiger partial charge in [-0.05, 0) is 12.1 Å². The van der Waals surface area contributed by atoms with Crippen LogP contribution in [0.4, 0.5) is 4.39 Å². The summed E-state index contributed by atoms with van der Waals surface area (Å²) in [5, 5.41) is 7.01. The molecule has 0 aliphatic carbocycles. The standard InChI is InChI=1S/C10H12ClFN2O4S2/c1-19(16)3-2-14-10(15)7-4-6(11)5-8(9(7)12)20(13,17)18/h4-5H,2-3H2,1H3,(H,14,15)(H2,13,17,18). The molecular formula is C10H12ClFN2O4S2. The van der Waals surface area contributed by atoms with Gasteiger partial charge in [0.05, 0.1) is 5.56 Å². The Labute approximate surface area is 123 Å². The molecule has 0 aromatic heterocycles. The smallest absolute Gasteiger partial charge is 0.254 e. The Hall–Kier alpha value is -1.03. The highest BCUT2D eigenvalue weighted by molar-refractivity contribution is 7.89. The van der Waals surface area contributed by atoms with Crippen LogP contribution in [0.2, 0.25) is 5.02 Å². The number of nitrogens with two attached hydrogens (primary N) is 1. The van der Waals surface area contributed by atoms with E-state index in [2.05, 4.69) is 5.32 Å². The number of benzene rings is 1. The molecule has 0 saturated heterocycles. The number of hydrogen-bond acceptors (Lipinski definition) is 4. The van der Waals surface area contributed by atoms with E-state index in [-0.39, 0.29) is 17.3 Å². The number of halogens is 2. The van der Waals surface area contributed by atoms with E-state index in [0.717, 1.165) is 12.1 Å². The summed E-state index contributed by atoms with van der Waals surface area (Å²) in [7, 11) is -5.45. The molecule has 0 radical (unpaired) electrons. The molecule has 0 spiro atoms. The van der Waals surface area contributed by atoms with Crippen molar-refractivity contribution < 1.29 is 21.8 Å². The van der Waals surface area contributed by atoms with Crippen LogP contribution < -0.4 is 10.5 Å². The van der Waals surface area contributed by atoms with Crippen LogP contribution >= 0.6 is 11.6 Å². The maximum Gasteiger partial charge on any atom is 0.254 e. The van der Waals surface area contributed by atoms with E-state index in [1.54, 1.807) is 0 Å². The number of amides is 1. The largest absolute Gasteiger partial charge is 0.351 e. The second kappa shape index (κ2) is 6.61. The zero-order chi connectivity index (χ0) is 15.5. The maximum atomic E-state index is 13.9. The monoisotopic (exact) mass is 342 g/mol. The summed E-state index contributed by atoms with van der Waals surface area (Å²) in [5.74, 6) is -1.94. The minimum Gasteiger partial charge on any atom is -0.351 e. The van der Waals surface area contributed by atoms with E-state index in [0.29, 0.717) is 0 Å². The lowest BCUT2D eigenvalue weighted by Crippen LogP contribution is -2.29. The van der Waals surface area contributed by atoms with Crippen LogP contribution in [0.3, 0.4) is 0 Å². The summed E-state index contributed by atoms with van der Waals surface area (Å²) < 4.78 is 47.2. The quantitative estimate of drug-likeness (QED) is 0.799. The zero-order valence-corrected chi connectivity index (χ0v) is 12.7. The minimum absolute atomic E-state index is 0.0542. The van der Waals surface area contributed by atoms with Crippen LogP contribution in [-0.2, 0) is 20.8 Å². The summed E-state index contributed by atoms with van der Waals surface area (Å²) in [6.45, 7) is 0.0542. The summed E-state index contributed by atoms with van der Waals surface area (Å²) >= 11 is 5.64. The SMILES string of the molecule is CS(=O)CCNC(=O)c1cc(Cl)cc(S(N)(=O)=O)c1F. The fourth-order valence-corrected chi connectivity index (χ4v) is 2.66. The molecule has 10 heteroatoms. The van der Waals surface area contributed by atoms with E-state index < -0.39 is 43.0 Å². The Morgan fingerprint density at radius 3 is 2.60 bits per heavy atom. The predicted octanol–water partition coefficient (Wildman–Crippen LogP) is 0.235. The van der Waals surface area contributed by atoms with Crippen molar-refractivity contribution in [2.45, 2.75) is 4.90 Å². The molecule has 0 aliphatic rings. The number of primary sulfonamides is 1. The van der Waals surface area contributed by atoms with Gasteiger partial charge in [0.1, 0.15) is 4.90 Å². The third kappa shape index (κ3) is 4.51. The predicted molar refractivity (Wildman–Crippen MR) is 74.0 cm³/mol. The number of nitrogens with one attached hydrogen (secondary N) is 1. The fourth-order valence-electron chi connectivity index (χ4n) is 1.34. The van der Waals surface area contributed by atoms with Crippen molar-refractivity contribution in [3.8, 4) is 0 Å². The molecule has 1 aromatic carbocycles. The minimum atomic E-state index is -4.33. The summed E-state index contributed by atoms with van der Waals surface area (Å²) in [6.07, 6.45) is 1.45. The van der Waals surface area contributed by atoms with Gasteiger partial charge < -0.3 is 5.32 Å². The van der Waals surface area contributed by atoms with Gasteiger partial charge in [-0.2, -0.15) is 0 Å². The first-order valence-electron chi connectivity index (χ1n) is 5.23. The molecule has 20 heavy (non-hydrogen) atoms. The highest BCUT2D eigenvalue weighted by atomic mass is 35.5. The molecule has 0 heterocycles. The number of sulfonamides is 1. The lowest BCUT2D eigenvalue weighted by Gasteiger charge is -2.08. The van der Waals surface area contributed by atoms with E-state index in [1.165, 1.54) is 6.26 Å². The van der Waals surface area contributed by atoms with Gasteiger partial charge >= 0.3 is 0 Å². The van der Waals surface area contributed by atoms with Crippen LogP contribution in [0.1, 0.15) is 10.4 Å². The molecule has 1 atom stereocenters. The van der Waals surface area contributed by atoms with Gasteiger partial charge in [-0.3, -0.25) is 9.00 Å². The lowest BCUT2D eigenvalue weighted by atomic mass is 10.2. The van der Waals surface area contributed by atoms with Crippen molar-refractivity contribution in [2.24, 2.45) is 5.14 Å². The van der Waals surface area contributed by atoms with Crippen LogP contribution in [0.25, 0.3) is 0 Å². The van der Waals surface area contributed by atoms with E-state index in [9.17, 15) is 21.8 Å². The number of carbonyl (C=O) groups is 1. The Kier molecular flexibility index (Phi) is 5.63. The lowest BCUT2D eigenvalue weighted by molar-refractivity contribution is 0.0951. The highest BCUT2D eigenvalue weighted by Gasteiger charge is 2.22. The molecule has 1 rings (SSSR count). The summed E-state index contributed by atoms with van der Waals surface area (Å²) in [5.41, 5.74) is -0.539. The van der Waals surface area contributed by atoms with E-state index >= 15 is 0 Å². The molecule has 0 aliphatic heterocycles. The molecule has 112 valence electrons. The first-order valence-corrected chi connectivity index (χ1v) is 8.88. The molecule has 1 amide bonds. The number of rotatable bonds is 5. The Balaban J connectivity index is 3.10. The normalized spacial score (nSPS) is 13.0. The van der Waals surface area contributed by atoms with Crippen LogP contribution in [0.5, 0.6) is 0 Å². The molecule has 0 bridgehead atoms. The molecule has 1 unspecified atom stereocenters. The van der Waals surface area contributed by atoms with Crippen molar-refractivity contribution in [2.75, 3.05) is 18.6 Å². The maximum absolute atomic E-state index is 13.9. The van der Waals surface area contributed by atoms with E-state index in [1.807, 2.05) is 0 Å². The first-order chi connectivity index (χ1) is 9.12. The average Bonchev–Trinajstić information content (AvgIpc) is 2.29. The van der Waals surface area contributed by atoms with Gasteiger partial charge in [0.25, 0.3) is 5.91 Å². The van der Waals surface area contributed by atoms with Crippen LogP contribution in [0.15, 0.2) is 17.0 Å². The molecule has 3 N–H and O–H groups in total. The Bertz CT molecular complexity index is 663. The van der Waals surface area contributed by atoms with Gasteiger partial charge in [-0.25, -0.2) is 17.9 Å². The van der Waals surface area contributed by atoms with Crippen LogP contribution in [0, 0.1) is 5.82 Å². The highest BCUT2D eigenvalue weighted by Crippen LogP contribution is 2.22. The molecule has 6 nitrogen and oxygen atoms in total. The van der Waals surface area contributed by atoms with Crippen molar-refractivity contribution >= 4 is 38.3 Å². The van der Waals surface area contributed by atoms with Crippen molar-refractivity contribution in [1.82, 2.24) is 5.32 Å². The zero-order valence-electron chi connectivity index (χ0n) is 10.4. The molecule has 0 fully saturated rings. The van der Waals surface area contributed by atoms with Crippen molar-refractivity contribution in [1.29, 1.82) is 0 Å². The second-order valence-electron chi connectivity index (χ2n) is 3.84. The summed E-state index contributed by atoms with van der Waals surface area (Å²) in [6, 6.07) is 1.81. The third-order valence-electron chi connectivity index (χ3n) is 2.23. The summed E-state index contributed by atoms with van der Waals surface area (Å²) in [4.78, 5) is 10.9. The third-order valence-corrected chi connectivity index (χ3v) is 4.14. The van der Waals surface area contributed by atoms with Gasteiger partial charge in [0, 0.05) is 34.4 Å². The number of hydrogen-bond donors (Lipinski definition) is 2. The van der Waals surface area contributed by atoms with Crippen molar-refractivity contribution in [3.63, 3.8) is 0 Å². The van der Waals surface area contributed by atoms with Gasteiger partial charge in [0.15, 0.2) is 5.82 Å². The van der Waals surface area contributed by atoms with E-state index in [4.69, 9.17) is 16.7 Å². The van der Waals surface area contributed by atoms with Gasteiger partial charge in [-0.15, -0.1) is 0 Å². The molecule has 0 saturated carbocycles. The fraction of sp³-hybridized carbons (Fsp3) is 0.300. The Morgan fingerprint density at radius 1 is 1.50 bits per heavy atom. The number of carbonyl (C=O) groups excluding carboxylic acids is 1. The Morgan fingerprint density at radius 2 is 2.10 bits per heavy atom. The van der Waals surface area contributed by atoms with Gasteiger partial charge in [0.2, 0.25) is 10.0 Å².